The molecule has 0 radical (unpaired) electrons. The van der Waals surface area contributed by atoms with Crippen molar-refractivity contribution in [3.05, 3.63) is 81.6 Å². The fourth-order valence-corrected chi connectivity index (χ4v) is 5.60. The highest BCUT2D eigenvalue weighted by Crippen LogP contribution is 2.44. The Hall–Kier alpha value is -3.44. The molecule has 2 aliphatic heterocycles. The van der Waals surface area contributed by atoms with Gasteiger partial charge in [-0.1, -0.05) is 29.8 Å². The predicted molar refractivity (Wildman–Crippen MR) is 146 cm³/mol. The van der Waals surface area contributed by atoms with Crippen LogP contribution in [0.4, 0.5) is 5.69 Å². The molecule has 0 amide bonds. The third kappa shape index (κ3) is 4.80. The van der Waals surface area contributed by atoms with Gasteiger partial charge in [-0.3, -0.25) is 4.79 Å². The molecular weight excluding hydrogens is 486 g/mol. The monoisotopic (exact) mass is 516 g/mol. The van der Waals surface area contributed by atoms with E-state index in [4.69, 9.17) is 21.1 Å². The minimum Gasteiger partial charge on any atom is -0.456 e. The number of esters is 1. The Morgan fingerprint density at radius 1 is 1.14 bits per heavy atom. The van der Waals surface area contributed by atoms with Gasteiger partial charge in [-0.2, -0.15) is 4.58 Å². The van der Waals surface area contributed by atoms with E-state index in [1.807, 2.05) is 0 Å². The Balaban J connectivity index is 1.44. The zero-order valence-corrected chi connectivity index (χ0v) is 22.4. The number of ether oxygens (including phenoxy) is 2. The van der Waals surface area contributed by atoms with E-state index in [1.165, 1.54) is 23.9 Å². The van der Waals surface area contributed by atoms with Gasteiger partial charge in [-0.05, 0) is 69.4 Å². The van der Waals surface area contributed by atoms with Crippen LogP contribution in [0.25, 0.3) is 6.08 Å². The molecule has 0 atom stereocenters. The summed E-state index contributed by atoms with van der Waals surface area (Å²) in [4.78, 5) is 23.4. The van der Waals surface area contributed by atoms with E-state index < -0.39 is 5.97 Å². The minimum absolute atomic E-state index is 0.0151. The summed E-state index contributed by atoms with van der Waals surface area (Å²) < 4.78 is 14.1. The van der Waals surface area contributed by atoms with Crippen LogP contribution in [0.3, 0.4) is 0 Å². The highest BCUT2D eigenvalue weighted by molar-refractivity contribution is 6.32. The summed E-state index contributed by atoms with van der Waals surface area (Å²) >= 11 is 6.41. The molecule has 3 aliphatic rings. The number of fused-ring (bicyclic) bond motifs is 3. The van der Waals surface area contributed by atoms with E-state index in [2.05, 4.69) is 68.0 Å². The lowest BCUT2D eigenvalue weighted by Crippen LogP contribution is -2.26. The van der Waals surface area contributed by atoms with E-state index in [0.29, 0.717) is 10.8 Å². The summed E-state index contributed by atoms with van der Waals surface area (Å²) in [6, 6.07) is 12.0. The lowest BCUT2D eigenvalue weighted by Gasteiger charge is -2.27. The minimum atomic E-state index is -0.495. The highest BCUT2D eigenvalue weighted by Gasteiger charge is 2.42. The maximum absolute atomic E-state index is 12.2. The highest BCUT2D eigenvalue weighted by atomic mass is 35.5. The molecule has 0 unspecified atom stereocenters. The topological polar surface area (TPSA) is 55.6 Å². The number of Topliss-reactive ketones (excluding diaryl/α,β-unsaturated/α-hetero) is 1. The van der Waals surface area contributed by atoms with Gasteiger partial charge in [-0.25, -0.2) is 0 Å². The Bertz CT molecular complexity index is 1440. The predicted octanol–water partition coefficient (Wildman–Crippen LogP) is 7.09. The van der Waals surface area contributed by atoms with Gasteiger partial charge in [0.25, 0.3) is 0 Å². The molecule has 2 heterocycles. The summed E-state index contributed by atoms with van der Waals surface area (Å²) in [6.45, 7) is 5.97. The van der Waals surface area contributed by atoms with Crippen LogP contribution in [0.2, 0.25) is 5.02 Å². The molecule has 5 rings (SSSR count). The Morgan fingerprint density at radius 3 is 2.68 bits per heavy atom. The molecule has 0 fully saturated rings. The summed E-state index contributed by atoms with van der Waals surface area (Å²) in [7, 11) is 2.12. The first kappa shape index (κ1) is 25.2. The van der Waals surface area contributed by atoms with Crippen LogP contribution in [-0.2, 0) is 15.0 Å². The molecule has 0 N–H and O–H groups in total. The van der Waals surface area contributed by atoms with Crippen molar-refractivity contribution >= 4 is 40.8 Å². The Morgan fingerprint density at radius 2 is 1.92 bits per heavy atom. The molecule has 0 spiro atoms. The number of carbonyl (C=O) groups excluding carboxylic acids is 2. The van der Waals surface area contributed by atoms with Gasteiger partial charge in [0.2, 0.25) is 5.69 Å². The number of hydrogen-bond donors (Lipinski definition) is 0. The van der Waals surface area contributed by atoms with Crippen molar-refractivity contribution in [3.8, 4) is 11.5 Å². The summed E-state index contributed by atoms with van der Waals surface area (Å²) in [5, 5.41) is 0.334. The largest absolute Gasteiger partial charge is 0.456 e. The van der Waals surface area contributed by atoms with Crippen molar-refractivity contribution in [2.45, 2.75) is 58.3 Å². The van der Waals surface area contributed by atoms with E-state index in [9.17, 15) is 9.59 Å². The number of hydrogen-bond acceptors (Lipinski definition) is 4. The second kappa shape index (κ2) is 9.79. The average molecular weight is 517 g/mol. The van der Waals surface area contributed by atoms with E-state index in [0.717, 1.165) is 41.7 Å². The summed E-state index contributed by atoms with van der Waals surface area (Å²) in [5.41, 5.74) is 6.85. The fraction of sp³-hybridized carbons (Fsp3) is 0.323. The number of allylic oxidation sites excluding steroid dienone is 4. The first-order valence-electron chi connectivity index (χ1n) is 12.7. The molecule has 6 heteroatoms. The van der Waals surface area contributed by atoms with E-state index in [1.54, 1.807) is 12.1 Å². The van der Waals surface area contributed by atoms with Crippen molar-refractivity contribution in [2.24, 2.45) is 0 Å². The average Bonchev–Trinajstić information content (AvgIpc) is 3.06. The molecule has 1 aliphatic carbocycles. The molecule has 37 heavy (non-hydrogen) atoms. The van der Waals surface area contributed by atoms with Gasteiger partial charge in [0, 0.05) is 35.8 Å². The van der Waals surface area contributed by atoms with Crippen molar-refractivity contribution in [1.82, 2.24) is 0 Å². The van der Waals surface area contributed by atoms with Crippen molar-refractivity contribution < 1.29 is 23.6 Å². The molecule has 5 nitrogen and oxygen atoms in total. The smallest absolute Gasteiger partial charge is 0.311 e. The van der Waals surface area contributed by atoms with Gasteiger partial charge in [-0.15, -0.1) is 0 Å². The van der Waals surface area contributed by atoms with Gasteiger partial charge < -0.3 is 14.3 Å². The number of rotatable bonds is 6. The Labute approximate surface area is 222 Å². The zero-order chi connectivity index (χ0) is 26.3. The van der Waals surface area contributed by atoms with Crippen LogP contribution >= 0.6 is 11.6 Å². The van der Waals surface area contributed by atoms with Crippen molar-refractivity contribution in [3.63, 3.8) is 0 Å². The number of para-hydroxylation sites is 1. The molecule has 0 aromatic heterocycles. The standard InChI is InChI=1S/C31H31ClNO4/c1-19(34)12-15-29(35)36-27-18-26-22(17-24(27)32)16-21-9-7-8-20(30(21)37-26)13-14-28-31(2,3)23-10-5-6-11-25(23)33(28)4/h5-6,10-11,13-14,16-18H,7-9,12,15H2,1-4H3/q+1/b14-13+. The van der Waals surface area contributed by atoms with E-state index in [-0.39, 0.29) is 29.8 Å². The second-order valence-corrected chi connectivity index (χ2v) is 10.8. The first-order valence-corrected chi connectivity index (χ1v) is 13.1. The summed E-state index contributed by atoms with van der Waals surface area (Å²) in [5.74, 6) is 1.15. The molecule has 0 bridgehead atoms. The molecule has 190 valence electrons. The van der Waals surface area contributed by atoms with Crippen LogP contribution < -0.4 is 9.47 Å². The number of ketones is 1. The SMILES string of the molecule is CC(=O)CCC(=O)Oc1cc2c(cc1Cl)C=C1CCCC(/C=C/C3=[N+](C)c4ccccc4C3(C)C)=C1O2. The summed E-state index contributed by atoms with van der Waals surface area (Å²) in [6.07, 6.45) is 9.57. The third-order valence-corrected chi connectivity index (χ3v) is 7.66. The maximum Gasteiger partial charge on any atom is 0.311 e. The number of benzene rings is 2. The van der Waals surface area contributed by atoms with Gasteiger partial charge in [0.05, 0.1) is 16.9 Å². The Kier molecular flexibility index (Phi) is 6.67. The molecule has 2 aromatic carbocycles. The molecule has 0 saturated carbocycles. The van der Waals surface area contributed by atoms with Crippen LogP contribution in [0.5, 0.6) is 11.5 Å². The molecule has 0 saturated heterocycles. The second-order valence-electron chi connectivity index (χ2n) is 10.4. The van der Waals surface area contributed by atoms with Gasteiger partial charge in [0.15, 0.2) is 11.5 Å². The van der Waals surface area contributed by atoms with E-state index >= 15 is 0 Å². The normalized spacial score (nSPS) is 17.7. The lowest BCUT2D eigenvalue weighted by atomic mass is 9.81. The third-order valence-electron chi connectivity index (χ3n) is 7.37. The fourth-order valence-electron chi connectivity index (χ4n) is 5.39. The number of nitrogens with zero attached hydrogens (tertiary/aromatic N) is 1. The molecular formula is C31H31ClNO4+. The van der Waals surface area contributed by atoms with Crippen molar-refractivity contribution in [2.75, 3.05) is 7.05 Å². The van der Waals surface area contributed by atoms with Crippen LogP contribution in [0, 0.1) is 0 Å². The van der Waals surface area contributed by atoms with Gasteiger partial charge >= 0.3 is 5.97 Å². The maximum atomic E-state index is 12.2. The zero-order valence-electron chi connectivity index (χ0n) is 21.7. The molecule has 2 aromatic rings. The number of carbonyl (C=O) groups is 2. The number of halogens is 1. The van der Waals surface area contributed by atoms with Gasteiger partial charge in [0.1, 0.15) is 24.3 Å². The van der Waals surface area contributed by atoms with Crippen LogP contribution in [-0.4, -0.2) is 29.1 Å². The first-order chi connectivity index (χ1) is 17.6. The van der Waals surface area contributed by atoms with Crippen molar-refractivity contribution in [1.29, 1.82) is 0 Å². The van der Waals surface area contributed by atoms with Crippen LogP contribution in [0.1, 0.15) is 64.0 Å². The quantitative estimate of drug-likeness (QED) is 0.233. The van der Waals surface area contributed by atoms with Crippen LogP contribution in [0.15, 0.2) is 65.5 Å². The lowest BCUT2D eigenvalue weighted by molar-refractivity contribution is -0.401.